The molecule has 0 aliphatic carbocycles. The van der Waals surface area contributed by atoms with E-state index in [-0.39, 0.29) is 5.91 Å². The van der Waals surface area contributed by atoms with Gasteiger partial charge in [-0.3, -0.25) is 4.79 Å². The monoisotopic (exact) mass is 367 g/mol. The zero-order chi connectivity index (χ0) is 19.5. The van der Waals surface area contributed by atoms with Gasteiger partial charge in [0.25, 0.3) is 5.91 Å². The summed E-state index contributed by atoms with van der Waals surface area (Å²) in [6.45, 7) is 4.04. The smallest absolute Gasteiger partial charge is 0.274 e. The number of nitrogens with zero attached hydrogens (tertiary/aromatic N) is 2. The fraction of sp³-hybridized carbons (Fsp3) is 0.0833. The predicted molar refractivity (Wildman–Crippen MR) is 113 cm³/mol. The van der Waals surface area contributed by atoms with Gasteiger partial charge in [-0.15, -0.1) is 0 Å². The van der Waals surface area contributed by atoms with Crippen molar-refractivity contribution >= 4 is 11.6 Å². The number of aryl methyl sites for hydroxylation is 1. The van der Waals surface area contributed by atoms with E-state index in [1.54, 1.807) is 4.68 Å². The van der Waals surface area contributed by atoms with Crippen LogP contribution in [-0.2, 0) is 0 Å². The molecule has 0 saturated carbocycles. The molecule has 1 aromatic heterocycles. The molecular weight excluding hydrogens is 346 g/mol. The molecule has 0 saturated heterocycles. The van der Waals surface area contributed by atoms with E-state index in [4.69, 9.17) is 5.10 Å². The highest BCUT2D eigenvalue weighted by atomic mass is 16.2. The summed E-state index contributed by atoms with van der Waals surface area (Å²) in [6, 6.07) is 27.3. The number of amides is 1. The van der Waals surface area contributed by atoms with E-state index in [1.807, 2.05) is 98.8 Å². The molecule has 3 aromatic carbocycles. The van der Waals surface area contributed by atoms with Crippen molar-refractivity contribution in [3.8, 4) is 16.9 Å². The lowest BCUT2D eigenvalue weighted by molar-refractivity contribution is 0.101. The van der Waals surface area contributed by atoms with Gasteiger partial charge in [0.2, 0.25) is 0 Å². The van der Waals surface area contributed by atoms with Crippen LogP contribution < -0.4 is 5.32 Å². The van der Waals surface area contributed by atoms with Gasteiger partial charge in [0, 0.05) is 11.3 Å². The molecule has 0 radical (unpaired) electrons. The Morgan fingerprint density at radius 1 is 0.857 bits per heavy atom. The van der Waals surface area contributed by atoms with E-state index in [9.17, 15) is 4.79 Å². The molecule has 138 valence electrons. The lowest BCUT2D eigenvalue weighted by Gasteiger charge is -2.11. The molecule has 0 atom stereocenters. The SMILES string of the molecule is Cc1cccc(NC(=O)c2cc(-c3ccccc3)nn2-c2ccccc2)c1C. The Morgan fingerprint density at radius 3 is 2.25 bits per heavy atom. The first-order valence-corrected chi connectivity index (χ1v) is 9.22. The van der Waals surface area contributed by atoms with E-state index >= 15 is 0 Å². The second kappa shape index (κ2) is 7.53. The maximum absolute atomic E-state index is 13.1. The molecule has 4 heteroatoms. The second-order valence-electron chi connectivity index (χ2n) is 6.73. The van der Waals surface area contributed by atoms with Gasteiger partial charge in [0.05, 0.1) is 11.4 Å². The van der Waals surface area contributed by atoms with Gasteiger partial charge in [0.15, 0.2) is 0 Å². The molecule has 4 aromatic rings. The number of carbonyl (C=O) groups excluding carboxylic acids is 1. The number of nitrogens with one attached hydrogen (secondary N) is 1. The summed E-state index contributed by atoms with van der Waals surface area (Å²) in [5, 5.41) is 7.75. The number of aromatic nitrogens is 2. The third-order valence-corrected chi connectivity index (χ3v) is 4.87. The van der Waals surface area contributed by atoms with E-state index in [2.05, 4.69) is 5.32 Å². The minimum atomic E-state index is -0.188. The largest absolute Gasteiger partial charge is 0.320 e. The molecule has 0 aliphatic rings. The molecule has 1 N–H and O–H groups in total. The second-order valence-corrected chi connectivity index (χ2v) is 6.73. The number of hydrogen-bond donors (Lipinski definition) is 1. The molecule has 0 fully saturated rings. The van der Waals surface area contributed by atoms with Crippen molar-refractivity contribution in [2.24, 2.45) is 0 Å². The van der Waals surface area contributed by atoms with Crippen LogP contribution in [0.15, 0.2) is 84.9 Å². The van der Waals surface area contributed by atoms with Crippen molar-refractivity contribution in [3.05, 3.63) is 102 Å². The summed E-state index contributed by atoms with van der Waals surface area (Å²) in [4.78, 5) is 13.1. The molecule has 1 amide bonds. The fourth-order valence-corrected chi connectivity index (χ4v) is 3.13. The standard InChI is InChI=1S/C24H21N3O/c1-17-10-9-15-21(18(17)2)25-24(28)23-16-22(19-11-5-3-6-12-19)26-27(23)20-13-7-4-8-14-20/h3-16H,1-2H3,(H,25,28). The Morgan fingerprint density at radius 2 is 1.54 bits per heavy atom. The van der Waals surface area contributed by atoms with E-state index in [0.29, 0.717) is 5.69 Å². The topological polar surface area (TPSA) is 46.9 Å². The van der Waals surface area contributed by atoms with Crippen LogP contribution in [0.2, 0.25) is 0 Å². The number of benzene rings is 3. The molecule has 4 nitrogen and oxygen atoms in total. The Labute approximate surface area is 164 Å². The van der Waals surface area contributed by atoms with Crippen molar-refractivity contribution < 1.29 is 4.79 Å². The van der Waals surface area contributed by atoms with Crippen LogP contribution in [0.3, 0.4) is 0 Å². The summed E-state index contributed by atoms with van der Waals surface area (Å²) in [5.74, 6) is -0.188. The summed E-state index contributed by atoms with van der Waals surface area (Å²) >= 11 is 0. The van der Waals surface area contributed by atoms with Crippen molar-refractivity contribution in [1.29, 1.82) is 0 Å². The molecule has 0 aliphatic heterocycles. The Hall–Kier alpha value is -3.66. The van der Waals surface area contributed by atoms with Gasteiger partial charge >= 0.3 is 0 Å². The summed E-state index contributed by atoms with van der Waals surface area (Å²) in [6.07, 6.45) is 0. The molecule has 4 rings (SSSR count). The van der Waals surface area contributed by atoms with Gasteiger partial charge in [-0.2, -0.15) is 5.10 Å². The Kier molecular flexibility index (Phi) is 4.77. The van der Waals surface area contributed by atoms with Crippen LogP contribution in [0, 0.1) is 13.8 Å². The molecule has 0 spiro atoms. The first-order chi connectivity index (χ1) is 13.6. The van der Waals surface area contributed by atoms with Crippen molar-refractivity contribution in [2.75, 3.05) is 5.32 Å². The average molecular weight is 367 g/mol. The number of hydrogen-bond acceptors (Lipinski definition) is 2. The van der Waals surface area contributed by atoms with Crippen LogP contribution in [0.5, 0.6) is 0 Å². The number of para-hydroxylation sites is 1. The van der Waals surface area contributed by atoms with Crippen molar-refractivity contribution in [3.63, 3.8) is 0 Å². The highest BCUT2D eigenvalue weighted by molar-refractivity contribution is 6.04. The third-order valence-electron chi connectivity index (χ3n) is 4.87. The van der Waals surface area contributed by atoms with Crippen LogP contribution in [0.1, 0.15) is 21.6 Å². The molecule has 28 heavy (non-hydrogen) atoms. The molecule has 1 heterocycles. The summed E-state index contributed by atoms with van der Waals surface area (Å²) < 4.78 is 1.70. The minimum absolute atomic E-state index is 0.188. The Bertz CT molecular complexity index is 1120. The lowest BCUT2D eigenvalue weighted by Crippen LogP contribution is -2.17. The quantitative estimate of drug-likeness (QED) is 0.524. The highest BCUT2D eigenvalue weighted by Crippen LogP contribution is 2.24. The summed E-state index contributed by atoms with van der Waals surface area (Å²) in [5.41, 5.74) is 6.08. The minimum Gasteiger partial charge on any atom is -0.320 e. The maximum Gasteiger partial charge on any atom is 0.274 e. The zero-order valence-electron chi connectivity index (χ0n) is 15.9. The van der Waals surface area contributed by atoms with Crippen molar-refractivity contribution in [2.45, 2.75) is 13.8 Å². The summed E-state index contributed by atoms with van der Waals surface area (Å²) in [7, 11) is 0. The van der Waals surface area contributed by atoms with E-state index < -0.39 is 0 Å². The molecule has 0 bridgehead atoms. The number of rotatable bonds is 4. The molecular formula is C24H21N3O. The normalized spacial score (nSPS) is 10.6. The predicted octanol–water partition coefficient (Wildman–Crippen LogP) is 5.41. The third kappa shape index (κ3) is 3.45. The van der Waals surface area contributed by atoms with Gasteiger partial charge < -0.3 is 5.32 Å². The average Bonchev–Trinajstić information content (AvgIpc) is 3.18. The van der Waals surface area contributed by atoms with Gasteiger partial charge in [0.1, 0.15) is 5.69 Å². The highest BCUT2D eigenvalue weighted by Gasteiger charge is 2.18. The first kappa shape index (κ1) is 17.7. The van der Waals surface area contributed by atoms with Crippen molar-refractivity contribution in [1.82, 2.24) is 9.78 Å². The van der Waals surface area contributed by atoms with E-state index in [1.165, 1.54) is 0 Å². The lowest BCUT2D eigenvalue weighted by atomic mass is 10.1. The number of carbonyl (C=O) groups is 1. The maximum atomic E-state index is 13.1. The van der Waals surface area contributed by atoms with Crippen LogP contribution in [-0.4, -0.2) is 15.7 Å². The van der Waals surface area contributed by atoms with Gasteiger partial charge in [-0.1, -0.05) is 60.7 Å². The van der Waals surface area contributed by atoms with Gasteiger partial charge in [-0.25, -0.2) is 4.68 Å². The zero-order valence-corrected chi connectivity index (χ0v) is 15.9. The number of anilines is 1. The van der Waals surface area contributed by atoms with Gasteiger partial charge in [-0.05, 0) is 49.2 Å². The van der Waals surface area contributed by atoms with E-state index in [0.717, 1.165) is 33.8 Å². The van der Waals surface area contributed by atoms with Crippen LogP contribution in [0.4, 0.5) is 5.69 Å². The van der Waals surface area contributed by atoms with Crippen LogP contribution in [0.25, 0.3) is 16.9 Å². The Balaban J connectivity index is 1.77. The molecule has 0 unspecified atom stereocenters. The fourth-order valence-electron chi connectivity index (χ4n) is 3.13. The first-order valence-electron chi connectivity index (χ1n) is 9.22. The van der Waals surface area contributed by atoms with Crippen LogP contribution >= 0.6 is 0 Å².